The average Bonchev–Trinajstić information content (AvgIpc) is 2.44. The maximum atomic E-state index is 4.04. The van der Waals surface area contributed by atoms with Crippen molar-refractivity contribution in [2.45, 2.75) is 43.5 Å². The van der Waals surface area contributed by atoms with Crippen molar-refractivity contribution in [1.82, 2.24) is 10.3 Å². The Bertz CT molecular complexity index is 515. The van der Waals surface area contributed by atoms with Crippen LogP contribution in [0, 0.1) is 0 Å². The van der Waals surface area contributed by atoms with Gasteiger partial charge in [0.25, 0.3) is 0 Å². The van der Waals surface area contributed by atoms with Gasteiger partial charge in [-0.2, -0.15) is 0 Å². The number of rotatable bonds is 5. The number of thioether (sulfide) groups is 1. The summed E-state index contributed by atoms with van der Waals surface area (Å²) in [7, 11) is 0. The van der Waals surface area contributed by atoms with E-state index in [9.17, 15) is 0 Å². The molecule has 0 fully saturated rings. The second-order valence-corrected chi connectivity index (χ2v) is 6.94. The standard InChI is InChI=1S/C17H22N2S/c1-17(2,3)19-12-14-4-6-16(7-5-14)20-13-15-8-10-18-11-9-15/h4-11,19H,12-13H2,1-3H3. The van der Waals surface area contributed by atoms with Gasteiger partial charge < -0.3 is 5.32 Å². The summed E-state index contributed by atoms with van der Waals surface area (Å²) in [5.74, 6) is 0.988. The minimum absolute atomic E-state index is 0.161. The number of pyridine rings is 1. The summed E-state index contributed by atoms with van der Waals surface area (Å²) in [6, 6.07) is 12.9. The normalized spacial score (nSPS) is 11.6. The molecule has 2 rings (SSSR count). The number of nitrogens with zero attached hydrogens (tertiary/aromatic N) is 1. The van der Waals surface area contributed by atoms with Crippen LogP contribution in [0.4, 0.5) is 0 Å². The Morgan fingerprint density at radius 1 is 0.950 bits per heavy atom. The van der Waals surface area contributed by atoms with E-state index >= 15 is 0 Å². The fraction of sp³-hybridized carbons (Fsp3) is 0.353. The molecule has 20 heavy (non-hydrogen) atoms. The lowest BCUT2D eigenvalue weighted by Crippen LogP contribution is -2.35. The zero-order valence-corrected chi connectivity index (χ0v) is 13.2. The van der Waals surface area contributed by atoms with E-state index in [0.29, 0.717) is 0 Å². The molecule has 0 saturated carbocycles. The first kappa shape index (κ1) is 15.1. The first-order valence-electron chi connectivity index (χ1n) is 6.89. The minimum atomic E-state index is 0.161. The minimum Gasteiger partial charge on any atom is -0.308 e. The van der Waals surface area contributed by atoms with Gasteiger partial charge in [-0.15, -0.1) is 11.8 Å². The van der Waals surface area contributed by atoms with Crippen LogP contribution in [-0.2, 0) is 12.3 Å². The van der Waals surface area contributed by atoms with Crippen LogP contribution in [-0.4, -0.2) is 10.5 Å². The van der Waals surface area contributed by atoms with Gasteiger partial charge >= 0.3 is 0 Å². The van der Waals surface area contributed by atoms with Gasteiger partial charge in [0.05, 0.1) is 0 Å². The predicted molar refractivity (Wildman–Crippen MR) is 86.8 cm³/mol. The third kappa shape index (κ3) is 5.35. The van der Waals surface area contributed by atoms with Crippen molar-refractivity contribution in [3.05, 3.63) is 59.9 Å². The van der Waals surface area contributed by atoms with Crippen molar-refractivity contribution < 1.29 is 0 Å². The monoisotopic (exact) mass is 286 g/mol. The topological polar surface area (TPSA) is 24.9 Å². The largest absolute Gasteiger partial charge is 0.308 e. The molecule has 0 aliphatic rings. The quantitative estimate of drug-likeness (QED) is 0.831. The highest BCUT2D eigenvalue weighted by atomic mass is 32.2. The Kier molecular flexibility index (Phi) is 5.21. The molecule has 106 valence electrons. The van der Waals surface area contributed by atoms with Crippen LogP contribution in [0.25, 0.3) is 0 Å². The Hall–Kier alpha value is -1.32. The van der Waals surface area contributed by atoms with Crippen molar-refractivity contribution in [2.75, 3.05) is 0 Å². The zero-order chi connectivity index (χ0) is 14.4. The molecule has 1 N–H and O–H groups in total. The van der Waals surface area contributed by atoms with Gasteiger partial charge in [0.2, 0.25) is 0 Å². The molecule has 2 aromatic rings. The van der Waals surface area contributed by atoms with Crippen molar-refractivity contribution in [3.8, 4) is 0 Å². The van der Waals surface area contributed by atoms with Gasteiger partial charge in [0, 0.05) is 35.1 Å². The molecule has 2 nitrogen and oxygen atoms in total. The third-order valence-corrected chi connectivity index (χ3v) is 3.98. The lowest BCUT2D eigenvalue weighted by atomic mass is 10.1. The molecule has 0 amide bonds. The van der Waals surface area contributed by atoms with Crippen molar-refractivity contribution in [2.24, 2.45) is 0 Å². The molecule has 1 aromatic heterocycles. The molecule has 0 aliphatic carbocycles. The average molecular weight is 286 g/mol. The lowest BCUT2D eigenvalue weighted by molar-refractivity contribution is 0.424. The molecule has 0 bridgehead atoms. The SMILES string of the molecule is CC(C)(C)NCc1ccc(SCc2ccncc2)cc1. The maximum absolute atomic E-state index is 4.04. The summed E-state index contributed by atoms with van der Waals surface area (Å²) in [6.45, 7) is 7.47. The summed E-state index contributed by atoms with van der Waals surface area (Å²) < 4.78 is 0. The molecule has 0 spiro atoms. The number of benzene rings is 1. The number of nitrogens with one attached hydrogen (secondary N) is 1. The fourth-order valence-electron chi connectivity index (χ4n) is 1.72. The van der Waals surface area contributed by atoms with Gasteiger partial charge in [-0.1, -0.05) is 12.1 Å². The molecule has 0 atom stereocenters. The number of hydrogen-bond donors (Lipinski definition) is 1. The van der Waals surface area contributed by atoms with Gasteiger partial charge in [-0.05, 0) is 56.2 Å². The molecule has 0 aliphatic heterocycles. The van der Waals surface area contributed by atoms with E-state index in [2.05, 4.69) is 67.5 Å². The second kappa shape index (κ2) is 6.91. The van der Waals surface area contributed by atoms with Crippen LogP contribution in [0.15, 0.2) is 53.7 Å². The Labute approximate surface area is 126 Å². The lowest BCUT2D eigenvalue weighted by Gasteiger charge is -2.20. The smallest absolute Gasteiger partial charge is 0.0270 e. The van der Waals surface area contributed by atoms with Crippen molar-refractivity contribution in [3.63, 3.8) is 0 Å². The molecule has 0 saturated heterocycles. The summed E-state index contributed by atoms with van der Waals surface area (Å²) in [5.41, 5.74) is 2.80. The van der Waals surface area contributed by atoms with Crippen LogP contribution in [0.3, 0.4) is 0 Å². The summed E-state index contributed by atoms with van der Waals surface area (Å²) in [6.07, 6.45) is 3.69. The van der Waals surface area contributed by atoms with Crippen LogP contribution in [0.5, 0.6) is 0 Å². The maximum Gasteiger partial charge on any atom is 0.0270 e. The van der Waals surface area contributed by atoms with Gasteiger partial charge in [0.15, 0.2) is 0 Å². The molecule has 0 radical (unpaired) electrons. The summed E-state index contributed by atoms with van der Waals surface area (Å²) >= 11 is 1.86. The van der Waals surface area contributed by atoms with Gasteiger partial charge in [-0.3, -0.25) is 4.98 Å². The zero-order valence-electron chi connectivity index (χ0n) is 12.4. The van der Waals surface area contributed by atoms with Crippen LogP contribution in [0.1, 0.15) is 31.9 Å². The molecule has 3 heteroatoms. The van der Waals surface area contributed by atoms with E-state index < -0.39 is 0 Å². The second-order valence-electron chi connectivity index (χ2n) is 5.89. The molecule has 0 unspecified atom stereocenters. The molecular formula is C17H22N2S. The number of hydrogen-bond acceptors (Lipinski definition) is 3. The highest BCUT2D eigenvalue weighted by Crippen LogP contribution is 2.22. The first-order chi connectivity index (χ1) is 9.53. The van der Waals surface area contributed by atoms with Crippen LogP contribution in [0.2, 0.25) is 0 Å². The van der Waals surface area contributed by atoms with Crippen molar-refractivity contribution >= 4 is 11.8 Å². The van der Waals surface area contributed by atoms with Crippen LogP contribution < -0.4 is 5.32 Å². The van der Waals surface area contributed by atoms with E-state index in [-0.39, 0.29) is 5.54 Å². The highest BCUT2D eigenvalue weighted by Gasteiger charge is 2.08. The van der Waals surface area contributed by atoms with E-state index in [1.165, 1.54) is 16.0 Å². The highest BCUT2D eigenvalue weighted by molar-refractivity contribution is 7.98. The van der Waals surface area contributed by atoms with E-state index in [1.807, 2.05) is 24.2 Å². The summed E-state index contributed by atoms with van der Waals surface area (Å²) in [5, 5.41) is 3.50. The van der Waals surface area contributed by atoms with E-state index in [4.69, 9.17) is 0 Å². The number of aromatic nitrogens is 1. The Balaban J connectivity index is 1.85. The van der Waals surface area contributed by atoms with Crippen molar-refractivity contribution in [1.29, 1.82) is 0 Å². The molecular weight excluding hydrogens is 264 g/mol. The Morgan fingerprint density at radius 2 is 1.60 bits per heavy atom. The molecule has 1 heterocycles. The predicted octanol–water partition coefficient (Wildman–Crippen LogP) is 4.26. The summed E-state index contributed by atoms with van der Waals surface area (Å²) in [4.78, 5) is 5.34. The van der Waals surface area contributed by atoms with E-state index in [0.717, 1.165) is 12.3 Å². The Morgan fingerprint density at radius 3 is 2.20 bits per heavy atom. The van der Waals surface area contributed by atoms with Gasteiger partial charge in [0.1, 0.15) is 0 Å². The van der Waals surface area contributed by atoms with Gasteiger partial charge in [-0.25, -0.2) is 0 Å². The van der Waals surface area contributed by atoms with Crippen LogP contribution >= 0.6 is 11.8 Å². The first-order valence-corrected chi connectivity index (χ1v) is 7.87. The van der Waals surface area contributed by atoms with E-state index in [1.54, 1.807) is 0 Å². The fourth-order valence-corrected chi connectivity index (χ4v) is 2.57. The molecule has 1 aromatic carbocycles. The third-order valence-electron chi connectivity index (χ3n) is 2.90.